The van der Waals surface area contributed by atoms with E-state index >= 15 is 0 Å². The molecule has 0 bridgehead atoms. The van der Waals surface area contributed by atoms with Crippen molar-refractivity contribution in [2.45, 2.75) is 46.6 Å². The number of unbranched alkanes of at least 4 members (excludes halogenated alkanes) is 1. The van der Waals surface area contributed by atoms with E-state index in [1.54, 1.807) is 39.6 Å². The first kappa shape index (κ1) is 25.1. The molecule has 0 spiro atoms. The van der Waals surface area contributed by atoms with Gasteiger partial charge < -0.3 is 4.74 Å². The van der Waals surface area contributed by atoms with Crippen molar-refractivity contribution < 1.29 is 14.3 Å². The van der Waals surface area contributed by atoms with E-state index in [9.17, 15) is 14.4 Å². The fraction of sp³-hybridized carbons (Fsp3) is 0.226. The van der Waals surface area contributed by atoms with E-state index in [4.69, 9.17) is 9.72 Å². The minimum absolute atomic E-state index is 0.0419. The summed E-state index contributed by atoms with van der Waals surface area (Å²) in [4.78, 5) is 43.2. The van der Waals surface area contributed by atoms with Crippen molar-refractivity contribution in [1.29, 1.82) is 0 Å². The summed E-state index contributed by atoms with van der Waals surface area (Å²) in [6.45, 7) is 5.79. The van der Waals surface area contributed by atoms with Crippen LogP contribution >= 0.6 is 0 Å². The van der Waals surface area contributed by atoms with Crippen molar-refractivity contribution in [3.8, 4) is 5.75 Å². The molecule has 0 saturated heterocycles. The van der Waals surface area contributed by atoms with Crippen molar-refractivity contribution in [1.82, 2.24) is 14.1 Å². The van der Waals surface area contributed by atoms with Gasteiger partial charge in [0, 0.05) is 24.9 Å². The zero-order chi connectivity index (χ0) is 26.8. The minimum Gasteiger partial charge on any atom is -0.426 e. The molecule has 0 atom stereocenters. The summed E-state index contributed by atoms with van der Waals surface area (Å²) in [6, 6.07) is 20.2. The van der Waals surface area contributed by atoms with Crippen LogP contribution in [0.4, 0.5) is 0 Å². The number of fused-ring (bicyclic) bond motifs is 2. The zero-order valence-electron chi connectivity index (χ0n) is 21.7. The Balaban J connectivity index is 1.52. The molecule has 0 saturated carbocycles. The number of esters is 1. The predicted octanol–water partition coefficient (Wildman–Crippen LogP) is 5.66. The fourth-order valence-electron chi connectivity index (χ4n) is 4.74. The molecule has 0 aliphatic rings. The third-order valence-corrected chi connectivity index (χ3v) is 6.63. The Morgan fingerprint density at radius 1 is 1.00 bits per heavy atom. The Morgan fingerprint density at radius 2 is 1.82 bits per heavy atom. The quantitative estimate of drug-likeness (QED) is 0.210. The molecule has 0 aliphatic carbocycles. The Labute approximate surface area is 220 Å². The average molecular weight is 508 g/mol. The number of hydrogen-bond acceptors (Lipinski definition) is 5. The topological polar surface area (TPSA) is 83.2 Å². The highest BCUT2D eigenvalue weighted by atomic mass is 16.5. The summed E-state index contributed by atoms with van der Waals surface area (Å²) in [5, 5.41) is 1.49. The number of carbonyl (C=O) groups excluding carboxylic acids is 2. The van der Waals surface area contributed by atoms with Crippen LogP contribution in [0.3, 0.4) is 0 Å². The molecular formula is C31H29N3O4. The molecule has 0 N–H and O–H groups in total. The molecule has 5 aromatic rings. The van der Waals surface area contributed by atoms with Gasteiger partial charge in [0.25, 0.3) is 11.5 Å². The van der Waals surface area contributed by atoms with Gasteiger partial charge in [-0.3, -0.25) is 23.5 Å². The second-order valence-electron chi connectivity index (χ2n) is 9.52. The lowest BCUT2D eigenvalue weighted by atomic mass is 10.1. The van der Waals surface area contributed by atoms with Crippen molar-refractivity contribution in [3.63, 3.8) is 0 Å². The summed E-state index contributed by atoms with van der Waals surface area (Å²) < 4.78 is 8.56. The number of para-hydroxylation sites is 1. The number of benzene rings is 3. The number of hydrogen-bond donors (Lipinski definition) is 0. The molecule has 192 valence electrons. The van der Waals surface area contributed by atoms with Crippen LogP contribution in [0.2, 0.25) is 0 Å². The van der Waals surface area contributed by atoms with Gasteiger partial charge in [-0.15, -0.1) is 0 Å². The van der Waals surface area contributed by atoms with Crippen LogP contribution in [-0.4, -0.2) is 26.0 Å². The SMILES string of the molecule is CCCCc1nc2ccc(C)cc2c(=O)n1Cc1ccc2c(ccn2C(=O)c2ccccc2OC(C)=O)c1. The summed E-state index contributed by atoms with van der Waals surface area (Å²) in [5.41, 5.74) is 3.67. The molecule has 0 radical (unpaired) electrons. The van der Waals surface area contributed by atoms with Gasteiger partial charge >= 0.3 is 5.97 Å². The van der Waals surface area contributed by atoms with E-state index in [0.717, 1.165) is 52.6 Å². The number of ether oxygens (including phenoxy) is 1. The van der Waals surface area contributed by atoms with Crippen LogP contribution in [0.1, 0.15) is 54.0 Å². The lowest BCUT2D eigenvalue weighted by Gasteiger charge is -2.14. The molecule has 0 fully saturated rings. The first-order chi connectivity index (χ1) is 18.4. The maximum atomic E-state index is 13.5. The molecule has 5 rings (SSSR count). The number of carbonyl (C=O) groups is 2. The molecule has 38 heavy (non-hydrogen) atoms. The Kier molecular flexibility index (Phi) is 6.92. The normalized spacial score (nSPS) is 11.2. The second-order valence-corrected chi connectivity index (χ2v) is 9.52. The Hall–Kier alpha value is -4.52. The number of rotatable bonds is 7. The maximum Gasteiger partial charge on any atom is 0.308 e. The third-order valence-electron chi connectivity index (χ3n) is 6.63. The van der Waals surface area contributed by atoms with E-state index < -0.39 is 5.97 Å². The van der Waals surface area contributed by atoms with E-state index in [2.05, 4.69) is 6.92 Å². The van der Waals surface area contributed by atoms with E-state index in [-0.39, 0.29) is 17.2 Å². The standard InChI is InChI=1S/C31H29N3O4/c1-4-5-10-29-32-26-13-11-20(2)17-25(26)31(37)34(29)19-22-12-14-27-23(18-22)15-16-33(27)30(36)24-8-6-7-9-28(24)38-21(3)35/h6-9,11-18H,4-5,10,19H2,1-3H3. The monoisotopic (exact) mass is 507 g/mol. The van der Waals surface area contributed by atoms with Crippen molar-refractivity contribution in [3.05, 3.63) is 106 Å². The summed E-state index contributed by atoms with van der Waals surface area (Å²) in [7, 11) is 0. The largest absolute Gasteiger partial charge is 0.426 e. The highest BCUT2D eigenvalue weighted by Crippen LogP contribution is 2.24. The van der Waals surface area contributed by atoms with Gasteiger partial charge in [0.1, 0.15) is 11.6 Å². The van der Waals surface area contributed by atoms with Crippen LogP contribution in [-0.2, 0) is 17.8 Å². The average Bonchev–Trinajstić information content (AvgIpc) is 3.32. The van der Waals surface area contributed by atoms with E-state index in [0.29, 0.717) is 17.5 Å². The van der Waals surface area contributed by atoms with E-state index in [1.807, 2.05) is 49.4 Å². The van der Waals surface area contributed by atoms with Gasteiger partial charge in [-0.1, -0.05) is 43.2 Å². The first-order valence-corrected chi connectivity index (χ1v) is 12.8. The second kappa shape index (κ2) is 10.5. The summed E-state index contributed by atoms with van der Waals surface area (Å²) in [6.07, 6.45) is 4.39. The highest BCUT2D eigenvalue weighted by molar-refractivity contribution is 6.04. The van der Waals surface area contributed by atoms with Crippen LogP contribution in [0.25, 0.3) is 21.8 Å². The molecule has 0 unspecified atom stereocenters. The molecule has 7 heteroatoms. The van der Waals surface area contributed by atoms with E-state index in [1.165, 1.54) is 6.92 Å². The van der Waals surface area contributed by atoms with Gasteiger partial charge in [-0.05, 0) is 61.4 Å². The molecule has 7 nitrogen and oxygen atoms in total. The van der Waals surface area contributed by atoms with Crippen molar-refractivity contribution in [2.24, 2.45) is 0 Å². The van der Waals surface area contributed by atoms with Gasteiger partial charge in [0.2, 0.25) is 0 Å². The molecule has 3 aromatic carbocycles. The van der Waals surface area contributed by atoms with Crippen LogP contribution in [0, 0.1) is 6.92 Å². The number of aryl methyl sites for hydroxylation is 2. The van der Waals surface area contributed by atoms with Crippen LogP contribution in [0.15, 0.2) is 77.7 Å². The number of nitrogens with zero attached hydrogens (tertiary/aromatic N) is 3. The zero-order valence-corrected chi connectivity index (χ0v) is 21.7. The Bertz CT molecular complexity index is 1750. The van der Waals surface area contributed by atoms with Gasteiger partial charge in [-0.25, -0.2) is 4.98 Å². The molecule has 0 aliphatic heterocycles. The van der Waals surface area contributed by atoms with Gasteiger partial charge in [0.05, 0.1) is 28.5 Å². The van der Waals surface area contributed by atoms with Crippen LogP contribution < -0.4 is 10.3 Å². The summed E-state index contributed by atoms with van der Waals surface area (Å²) in [5.74, 6) is 0.223. The maximum absolute atomic E-state index is 13.5. The smallest absolute Gasteiger partial charge is 0.308 e. The number of aromatic nitrogens is 3. The first-order valence-electron chi connectivity index (χ1n) is 12.8. The predicted molar refractivity (Wildman–Crippen MR) is 148 cm³/mol. The lowest BCUT2D eigenvalue weighted by Crippen LogP contribution is -2.26. The molecule has 0 amide bonds. The van der Waals surface area contributed by atoms with Crippen molar-refractivity contribution >= 4 is 33.7 Å². The molecule has 2 aromatic heterocycles. The minimum atomic E-state index is -0.487. The van der Waals surface area contributed by atoms with Gasteiger partial charge in [0.15, 0.2) is 0 Å². The van der Waals surface area contributed by atoms with Crippen molar-refractivity contribution in [2.75, 3.05) is 0 Å². The lowest BCUT2D eigenvalue weighted by molar-refractivity contribution is -0.131. The molecular weight excluding hydrogens is 478 g/mol. The van der Waals surface area contributed by atoms with Crippen LogP contribution in [0.5, 0.6) is 5.75 Å². The molecule has 2 heterocycles. The van der Waals surface area contributed by atoms with Gasteiger partial charge in [-0.2, -0.15) is 0 Å². The highest BCUT2D eigenvalue weighted by Gasteiger charge is 2.18. The third kappa shape index (κ3) is 4.87. The summed E-state index contributed by atoms with van der Waals surface area (Å²) >= 11 is 0. The Morgan fingerprint density at radius 3 is 2.61 bits per heavy atom. The fourth-order valence-corrected chi connectivity index (χ4v) is 4.74.